The Morgan fingerprint density at radius 3 is 2.43 bits per heavy atom. The molecule has 0 N–H and O–H groups in total. The van der Waals surface area contributed by atoms with Crippen LogP contribution in [0, 0.1) is 0 Å². The number of carbonyl (C=O) groups is 1. The highest BCUT2D eigenvalue weighted by atomic mass is 28.3. The van der Waals surface area contributed by atoms with E-state index in [0.29, 0.717) is 6.61 Å². The third kappa shape index (κ3) is 5.83. The molecule has 1 aliphatic heterocycles. The van der Waals surface area contributed by atoms with Gasteiger partial charge in [0.05, 0.1) is 12.6 Å². The number of rotatable bonds is 3. The standard InChI is InChI=1S/C16H31NO3Si/c1-15(2,3)20-14(18)17-13(12-19-16(17,4)5)10-9-11-21(6,7)8/h9-10,13H,11-12H2,1-8H3/b10-9+/t13-/m1/s1. The molecule has 5 heteroatoms. The first-order valence-corrected chi connectivity index (χ1v) is 11.4. The number of nitrogens with zero attached hydrogens (tertiary/aromatic N) is 1. The van der Waals surface area contributed by atoms with E-state index < -0.39 is 19.4 Å². The van der Waals surface area contributed by atoms with E-state index >= 15 is 0 Å². The maximum atomic E-state index is 12.4. The summed E-state index contributed by atoms with van der Waals surface area (Å²) in [5, 5.41) is 0. The molecule has 1 amide bonds. The molecule has 0 aromatic carbocycles. The number of allylic oxidation sites excluding steroid dienone is 1. The molecule has 1 heterocycles. The van der Waals surface area contributed by atoms with Crippen LogP contribution in [0.15, 0.2) is 12.2 Å². The lowest BCUT2D eigenvalue weighted by Gasteiger charge is -2.34. The number of hydrogen-bond acceptors (Lipinski definition) is 3. The van der Waals surface area contributed by atoms with Crippen molar-refractivity contribution in [3.8, 4) is 0 Å². The van der Waals surface area contributed by atoms with E-state index in [9.17, 15) is 4.79 Å². The predicted octanol–water partition coefficient (Wildman–Crippen LogP) is 4.25. The minimum atomic E-state index is -1.11. The zero-order chi connectivity index (χ0) is 16.5. The van der Waals surface area contributed by atoms with Crippen LogP contribution in [-0.4, -0.2) is 43.0 Å². The molecule has 21 heavy (non-hydrogen) atoms. The predicted molar refractivity (Wildman–Crippen MR) is 89.2 cm³/mol. The van der Waals surface area contributed by atoms with Gasteiger partial charge in [-0.3, -0.25) is 4.90 Å². The average Bonchev–Trinajstić information content (AvgIpc) is 2.49. The summed E-state index contributed by atoms with van der Waals surface area (Å²) in [6.45, 7) is 17.0. The quantitative estimate of drug-likeness (QED) is 0.577. The third-order valence-electron chi connectivity index (χ3n) is 3.20. The topological polar surface area (TPSA) is 38.8 Å². The summed E-state index contributed by atoms with van der Waals surface area (Å²) in [6.07, 6.45) is 3.98. The van der Waals surface area contributed by atoms with Crippen molar-refractivity contribution in [3.05, 3.63) is 12.2 Å². The van der Waals surface area contributed by atoms with E-state index in [4.69, 9.17) is 9.47 Å². The van der Waals surface area contributed by atoms with Gasteiger partial charge in [-0.1, -0.05) is 31.8 Å². The van der Waals surface area contributed by atoms with Gasteiger partial charge in [-0.05, 0) is 40.7 Å². The van der Waals surface area contributed by atoms with E-state index in [1.165, 1.54) is 0 Å². The lowest BCUT2D eigenvalue weighted by Crippen LogP contribution is -2.49. The maximum Gasteiger partial charge on any atom is 0.413 e. The van der Waals surface area contributed by atoms with Gasteiger partial charge in [0.2, 0.25) is 0 Å². The van der Waals surface area contributed by atoms with Crippen molar-refractivity contribution in [2.75, 3.05) is 6.61 Å². The molecule has 1 atom stereocenters. The van der Waals surface area contributed by atoms with E-state index in [1.54, 1.807) is 4.90 Å². The van der Waals surface area contributed by atoms with Gasteiger partial charge in [-0.25, -0.2) is 4.79 Å². The lowest BCUT2D eigenvalue weighted by atomic mass is 10.2. The van der Waals surface area contributed by atoms with Gasteiger partial charge >= 0.3 is 6.09 Å². The first kappa shape index (κ1) is 18.2. The van der Waals surface area contributed by atoms with Crippen LogP contribution in [0.2, 0.25) is 25.7 Å². The van der Waals surface area contributed by atoms with Gasteiger partial charge in [-0.15, -0.1) is 0 Å². The Morgan fingerprint density at radius 1 is 1.38 bits per heavy atom. The molecule has 1 saturated heterocycles. The van der Waals surface area contributed by atoms with Crippen molar-refractivity contribution in [3.63, 3.8) is 0 Å². The van der Waals surface area contributed by atoms with Crippen LogP contribution in [0.3, 0.4) is 0 Å². The number of ether oxygens (including phenoxy) is 2. The van der Waals surface area contributed by atoms with E-state index in [0.717, 1.165) is 6.04 Å². The fraction of sp³-hybridized carbons (Fsp3) is 0.812. The molecule has 0 aliphatic carbocycles. The van der Waals surface area contributed by atoms with E-state index in [1.807, 2.05) is 34.6 Å². The maximum absolute atomic E-state index is 12.4. The molecule has 0 spiro atoms. The molecule has 0 radical (unpaired) electrons. The molecule has 0 aromatic rings. The highest BCUT2D eigenvalue weighted by Gasteiger charge is 2.44. The summed E-state index contributed by atoms with van der Waals surface area (Å²) >= 11 is 0. The summed E-state index contributed by atoms with van der Waals surface area (Å²) in [6, 6.07) is 1.05. The minimum Gasteiger partial charge on any atom is -0.444 e. The Balaban J connectivity index is 2.82. The molecule has 0 unspecified atom stereocenters. The normalized spacial score (nSPS) is 22.9. The number of hydrogen-bond donors (Lipinski definition) is 0. The number of amides is 1. The Morgan fingerprint density at radius 2 is 1.95 bits per heavy atom. The van der Waals surface area contributed by atoms with Crippen LogP contribution in [0.5, 0.6) is 0 Å². The van der Waals surface area contributed by atoms with Crippen LogP contribution in [0.1, 0.15) is 34.6 Å². The zero-order valence-corrected chi connectivity index (χ0v) is 15.8. The van der Waals surface area contributed by atoms with Crippen LogP contribution >= 0.6 is 0 Å². The fourth-order valence-corrected chi connectivity index (χ4v) is 3.06. The lowest BCUT2D eigenvalue weighted by molar-refractivity contribution is -0.0610. The van der Waals surface area contributed by atoms with Crippen molar-refractivity contribution >= 4 is 14.2 Å². The molecule has 0 saturated carbocycles. The minimum absolute atomic E-state index is 0.0498. The van der Waals surface area contributed by atoms with Crippen LogP contribution < -0.4 is 0 Å². The summed E-state index contributed by atoms with van der Waals surface area (Å²) in [7, 11) is -1.11. The van der Waals surface area contributed by atoms with Crippen molar-refractivity contribution in [2.45, 2.75) is 77.7 Å². The van der Waals surface area contributed by atoms with E-state index in [-0.39, 0.29) is 12.1 Å². The summed E-state index contributed by atoms with van der Waals surface area (Å²) in [5.74, 6) is 0. The highest BCUT2D eigenvalue weighted by Crippen LogP contribution is 2.30. The molecular weight excluding hydrogens is 282 g/mol. The van der Waals surface area contributed by atoms with Gasteiger partial charge in [0, 0.05) is 8.07 Å². The molecular formula is C16H31NO3Si. The first-order valence-electron chi connectivity index (χ1n) is 7.65. The average molecular weight is 314 g/mol. The van der Waals surface area contributed by atoms with Crippen LogP contribution in [0.25, 0.3) is 0 Å². The molecule has 1 rings (SSSR count). The Labute approximate surface area is 130 Å². The monoisotopic (exact) mass is 313 g/mol. The van der Waals surface area contributed by atoms with Gasteiger partial charge in [-0.2, -0.15) is 0 Å². The van der Waals surface area contributed by atoms with Crippen LogP contribution in [0.4, 0.5) is 4.79 Å². The Bertz CT molecular complexity index is 405. The fourth-order valence-electron chi connectivity index (χ4n) is 2.22. The summed E-state index contributed by atoms with van der Waals surface area (Å²) < 4.78 is 11.3. The molecule has 1 fully saturated rings. The smallest absolute Gasteiger partial charge is 0.413 e. The van der Waals surface area contributed by atoms with Gasteiger partial charge in [0.1, 0.15) is 11.3 Å². The van der Waals surface area contributed by atoms with Gasteiger partial charge in [0.15, 0.2) is 0 Å². The largest absolute Gasteiger partial charge is 0.444 e. The van der Waals surface area contributed by atoms with Crippen molar-refractivity contribution in [1.29, 1.82) is 0 Å². The molecule has 122 valence electrons. The second-order valence-electron chi connectivity index (χ2n) is 8.37. The van der Waals surface area contributed by atoms with Crippen molar-refractivity contribution in [2.24, 2.45) is 0 Å². The SMILES string of the molecule is CC(C)(C)OC(=O)N1[C@H](/C=C/C[Si](C)(C)C)COC1(C)C. The molecule has 1 aliphatic rings. The second kappa shape index (κ2) is 6.13. The van der Waals surface area contributed by atoms with Gasteiger partial charge < -0.3 is 9.47 Å². The third-order valence-corrected chi connectivity index (χ3v) is 4.66. The highest BCUT2D eigenvalue weighted by molar-refractivity contribution is 6.76. The molecule has 0 bridgehead atoms. The zero-order valence-electron chi connectivity index (χ0n) is 14.8. The van der Waals surface area contributed by atoms with Crippen molar-refractivity contribution in [1.82, 2.24) is 4.90 Å². The summed E-state index contributed by atoms with van der Waals surface area (Å²) in [4.78, 5) is 14.2. The Hall–Kier alpha value is -0.813. The van der Waals surface area contributed by atoms with Crippen molar-refractivity contribution < 1.29 is 14.3 Å². The second-order valence-corrected chi connectivity index (χ2v) is 13.9. The van der Waals surface area contributed by atoms with Gasteiger partial charge in [0.25, 0.3) is 0 Å². The van der Waals surface area contributed by atoms with Crippen LogP contribution in [-0.2, 0) is 9.47 Å². The first-order chi connectivity index (χ1) is 9.32. The summed E-state index contributed by atoms with van der Waals surface area (Å²) in [5.41, 5.74) is -1.13. The molecule has 0 aromatic heterocycles. The number of carbonyl (C=O) groups excluding carboxylic acids is 1. The molecule has 4 nitrogen and oxygen atoms in total. The van der Waals surface area contributed by atoms with E-state index in [2.05, 4.69) is 31.8 Å². The Kier molecular flexibility index (Phi) is 5.32.